The van der Waals surface area contributed by atoms with Crippen LogP contribution in [0.3, 0.4) is 0 Å². The lowest BCUT2D eigenvalue weighted by atomic mass is 9.78. The fourth-order valence-electron chi connectivity index (χ4n) is 2.96. The third-order valence-electron chi connectivity index (χ3n) is 4.76. The Balaban J connectivity index is 2.30. The molecule has 0 aromatic heterocycles. The second kappa shape index (κ2) is 5.73. The number of hydrogen-bond acceptors (Lipinski definition) is 3. The predicted octanol–water partition coefficient (Wildman–Crippen LogP) is 3.11. The maximum absolute atomic E-state index is 8.97. The van der Waals surface area contributed by atoms with Crippen molar-refractivity contribution in [3.8, 4) is 0 Å². The average Bonchev–Trinajstić information content (AvgIpc) is 2.47. The number of nitrogens with zero attached hydrogens (tertiary/aromatic N) is 2. The minimum atomic E-state index is 0.188. The first-order valence-corrected chi connectivity index (χ1v) is 7.33. The lowest BCUT2D eigenvalue weighted by Crippen LogP contribution is -2.39. The molecule has 0 radical (unpaired) electrons. The lowest BCUT2D eigenvalue weighted by molar-refractivity contribution is 0.238. The van der Waals surface area contributed by atoms with Crippen molar-refractivity contribution in [3.63, 3.8) is 0 Å². The highest BCUT2D eigenvalue weighted by Gasteiger charge is 2.29. The van der Waals surface area contributed by atoms with E-state index >= 15 is 0 Å². The van der Waals surface area contributed by atoms with Gasteiger partial charge in [0.05, 0.1) is 5.69 Å². The van der Waals surface area contributed by atoms with Crippen LogP contribution in [0.15, 0.2) is 23.4 Å². The molecule has 2 rings (SSSR count). The molecule has 1 heterocycles. The van der Waals surface area contributed by atoms with Crippen LogP contribution in [0.25, 0.3) is 0 Å². The van der Waals surface area contributed by atoms with Crippen molar-refractivity contribution in [3.05, 3.63) is 29.3 Å². The Morgan fingerprint density at radius 2 is 2.05 bits per heavy atom. The van der Waals surface area contributed by atoms with Crippen LogP contribution >= 0.6 is 0 Å². The maximum atomic E-state index is 8.97. The summed E-state index contributed by atoms with van der Waals surface area (Å²) in [5, 5.41) is 12.1. The largest absolute Gasteiger partial charge is 0.409 e. The number of benzene rings is 1. The Morgan fingerprint density at radius 3 is 2.60 bits per heavy atom. The van der Waals surface area contributed by atoms with Crippen molar-refractivity contribution in [1.82, 2.24) is 0 Å². The van der Waals surface area contributed by atoms with Gasteiger partial charge in [0.25, 0.3) is 0 Å². The van der Waals surface area contributed by atoms with Crippen LogP contribution in [0.2, 0.25) is 0 Å². The molecule has 0 aliphatic carbocycles. The molecule has 0 bridgehead atoms. The standard InChI is InChI=1S/C16H25N3O/c1-4-16(3)8-10-19(11-9-16)14-12(2)6-5-7-13(14)15(17)18-20/h5-7,20H,4,8-11H2,1-3H3,(H2,17,18). The van der Waals surface area contributed by atoms with E-state index in [2.05, 4.69) is 36.9 Å². The first-order valence-electron chi connectivity index (χ1n) is 7.33. The zero-order chi connectivity index (χ0) is 14.8. The average molecular weight is 275 g/mol. The molecule has 110 valence electrons. The molecule has 4 nitrogen and oxygen atoms in total. The molecular weight excluding hydrogens is 250 g/mol. The summed E-state index contributed by atoms with van der Waals surface area (Å²) < 4.78 is 0. The van der Waals surface area contributed by atoms with Gasteiger partial charge in [-0.2, -0.15) is 0 Å². The van der Waals surface area contributed by atoms with E-state index in [9.17, 15) is 0 Å². The van der Waals surface area contributed by atoms with Crippen molar-refractivity contribution in [1.29, 1.82) is 0 Å². The number of hydrogen-bond donors (Lipinski definition) is 2. The monoisotopic (exact) mass is 275 g/mol. The van der Waals surface area contributed by atoms with E-state index in [4.69, 9.17) is 10.9 Å². The fraction of sp³-hybridized carbons (Fsp3) is 0.562. The van der Waals surface area contributed by atoms with Gasteiger partial charge in [-0.25, -0.2) is 0 Å². The number of para-hydroxylation sites is 1. The van der Waals surface area contributed by atoms with Gasteiger partial charge in [-0.1, -0.05) is 37.6 Å². The van der Waals surface area contributed by atoms with Gasteiger partial charge >= 0.3 is 0 Å². The predicted molar refractivity (Wildman–Crippen MR) is 83.5 cm³/mol. The zero-order valence-electron chi connectivity index (χ0n) is 12.7. The van der Waals surface area contributed by atoms with Crippen LogP contribution in [0.5, 0.6) is 0 Å². The lowest BCUT2D eigenvalue weighted by Gasteiger charge is -2.41. The minimum Gasteiger partial charge on any atom is -0.409 e. The van der Waals surface area contributed by atoms with Gasteiger partial charge in [0.1, 0.15) is 0 Å². The third-order valence-corrected chi connectivity index (χ3v) is 4.76. The minimum absolute atomic E-state index is 0.188. The topological polar surface area (TPSA) is 61.8 Å². The molecule has 0 spiro atoms. The van der Waals surface area contributed by atoms with Gasteiger partial charge in [0.15, 0.2) is 5.84 Å². The summed E-state index contributed by atoms with van der Waals surface area (Å²) in [6, 6.07) is 5.95. The highest BCUT2D eigenvalue weighted by atomic mass is 16.4. The first kappa shape index (κ1) is 14.7. The number of anilines is 1. The van der Waals surface area contributed by atoms with Crippen molar-refractivity contribution in [2.75, 3.05) is 18.0 Å². The summed E-state index contributed by atoms with van der Waals surface area (Å²) in [6.07, 6.45) is 3.60. The van der Waals surface area contributed by atoms with Crippen LogP contribution in [0.1, 0.15) is 44.2 Å². The summed E-state index contributed by atoms with van der Waals surface area (Å²) in [5.74, 6) is 0.188. The molecule has 0 saturated carbocycles. The summed E-state index contributed by atoms with van der Waals surface area (Å²) >= 11 is 0. The summed E-state index contributed by atoms with van der Waals surface area (Å²) in [7, 11) is 0. The van der Waals surface area contributed by atoms with E-state index in [-0.39, 0.29) is 5.84 Å². The van der Waals surface area contributed by atoms with Gasteiger partial charge < -0.3 is 15.8 Å². The summed E-state index contributed by atoms with van der Waals surface area (Å²) in [5.41, 5.74) is 9.39. The smallest absolute Gasteiger partial charge is 0.172 e. The number of rotatable bonds is 3. The Labute approximate surface area is 121 Å². The van der Waals surface area contributed by atoms with Crippen LogP contribution in [0, 0.1) is 12.3 Å². The molecule has 0 unspecified atom stereocenters. The number of amidine groups is 1. The molecule has 1 aliphatic rings. The van der Waals surface area contributed by atoms with E-state index in [1.165, 1.54) is 24.8 Å². The maximum Gasteiger partial charge on any atom is 0.172 e. The quantitative estimate of drug-likeness (QED) is 0.385. The molecule has 0 atom stereocenters. The molecule has 4 heteroatoms. The van der Waals surface area contributed by atoms with Crippen molar-refractivity contribution in [2.24, 2.45) is 16.3 Å². The molecule has 1 saturated heterocycles. The van der Waals surface area contributed by atoms with Crippen LogP contribution < -0.4 is 10.6 Å². The van der Waals surface area contributed by atoms with Crippen molar-refractivity contribution < 1.29 is 5.21 Å². The van der Waals surface area contributed by atoms with E-state index < -0.39 is 0 Å². The van der Waals surface area contributed by atoms with Crippen molar-refractivity contribution >= 4 is 11.5 Å². The van der Waals surface area contributed by atoms with Gasteiger partial charge in [-0.15, -0.1) is 0 Å². The molecule has 1 aliphatic heterocycles. The molecule has 3 N–H and O–H groups in total. The van der Waals surface area contributed by atoms with E-state index in [0.717, 1.165) is 24.3 Å². The Bertz CT molecular complexity index is 502. The van der Waals surface area contributed by atoms with E-state index in [1.807, 2.05) is 12.1 Å². The SMILES string of the molecule is CCC1(C)CCN(c2c(C)cccc2/C(N)=N/O)CC1. The fourth-order valence-corrected chi connectivity index (χ4v) is 2.96. The normalized spacial score (nSPS) is 19.1. The van der Waals surface area contributed by atoms with Gasteiger partial charge in [-0.3, -0.25) is 0 Å². The summed E-state index contributed by atoms with van der Waals surface area (Å²) in [6.45, 7) is 8.77. The molecule has 20 heavy (non-hydrogen) atoms. The number of oxime groups is 1. The molecule has 1 aromatic carbocycles. The molecule has 1 fully saturated rings. The molecule has 1 aromatic rings. The molecule has 0 amide bonds. The van der Waals surface area contributed by atoms with Gasteiger partial charge in [0, 0.05) is 18.7 Å². The van der Waals surface area contributed by atoms with Crippen LogP contribution in [-0.2, 0) is 0 Å². The zero-order valence-corrected chi connectivity index (χ0v) is 12.7. The third kappa shape index (κ3) is 2.74. The van der Waals surface area contributed by atoms with E-state index in [0.29, 0.717) is 5.41 Å². The van der Waals surface area contributed by atoms with Crippen LogP contribution in [0.4, 0.5) is 5.69 Å². The Hall–Kier alpha value is -1.71. The first-order chi connectivity index (χ1) is 9.50. The van der Waals surface area contributed by atoms with Crippen molar-refractivity contribution in [2.45, 2.75) is 40.0 Å². The van der Waals surface area contributed by atoms with E-state index in [1.54, 1.807) is 0 Å². The molecular formula is C16H25N3O. The second-order valence-corrected chi connectivity index (χ2v) is 6.11. The highest BCUT2D eigenvalue weighted by Crippen LogP contribution is 2.37. The number of nitrogens with two attached hydrogens (primary N) is 1. The Morgan fingerprint density at radius 1 is 1.40 bits per heavy atom. The highest BCUT2D eigenvalue weighted by molar-refractivity contribution is 6.02. The second-order valence-electron chi connectivity index (χ2n) is 6.11. The summed E-state index contributed by atoms with van der Waals surface area (Å²) in [4.78, 5) is 2.38. The van der Waals surface area contributed by atoms with Gasteiger partial charge in [-0.05, 0) is 36.8 Å². The van der Waals surface area contributed by atoms with Gasteiger partial charge in [0.2, 0.25) is 0 Å². The number of aryl methyl sites for hydroxylation is 1. The Kier molecular flexibility index (Phi) is 4.21. The number of piperidine rings is 1. The van der Waals surface area contributed by atoms with Crippen LogP contribution in [-0.4, -0.2) is 24.1 Å².